The molecule has 2 rings (SSSR count). The van der Waals surface area contributed by atoms with Crippen molar-refractivity contribution < 1.29 is 0 Å². The van der Waals surface area contributed by atoms with Gasteiger partial charge in [0.15, 0.2) is 0 Å². The van der Waals surface area contributed by atoms with Crippen LogP contribution in [0.1, 0.15) is 45.9 Å². The first-order valence-electron chi connectivity index (χ1n) is 8.45. The van der Waals surface area contributed by atoms with Crippen molar-refractivity contribution in [1.82, 2.24) is 10.3 Å². The maximum atomic E-state index is 4.84. The van der Waals surface area contributed by atoms with Crippen LogP contribution in [-0.2, 0) is 13.0 Å². The second-order valence-electron chi connectivity index (χ2n) is 7.06. The summed E-state index contributed by atoms with van der Waals surface area (Å²) in [7, 11) is 0. The molecule has 0 spiro atoms. The molecule has 1 fully saturated rings. The van der Waals surface area contributed by atoms with Crippen molar-refractivity contribution in [3.05, 3.63) is 23.4 Å². The molecule has 1 aromatic rings. The highest BCUT2D eigenvalue weighted by molar-refractivity contribution is 5.44. The van der Waals surface area contributed by atoms with Crippen molar-refractivity contribution in [2.24, 2.45) is 17.8 Å². The molecule has 1 aliphatic rings. The van der Waals surface area contributed by atoms with Gasteiger partial charge in [-0.2, -0.15) is 0 Å². The van der Waals surface area contributed by atoms with Crippen molar-refractivity contribution in [2.45, 2.75) is 47.6 Å². The molecule has 1 aromatic heterocycles. The van der Waals surface area contributed by atoms with Crippen LogP contribution in [0.25, 0.3) is 0 Å². The number of nitrogens with one attached hydrogen (secondary N) is 1. The third kappa shape index (κ3) is 4.44. The van der Waals surface area contributed by atoms with Gasteiger partial charge in [0.1, 0.15) is 5.82 Å². The van der Waals surface area contributed by atoms with Crippen molar-refractivity contribution in [3.63, 3.8) is 0 Å². The summed E-state index contributed by atoms with van der Waals surface area (Å²) in [5.74, 6) is 3.39. The van der Waals surface area contributed by atoms with E-state index in [1.165, 1.54) is 17.1 Å². The third-order valence-electron chi connectivity index (χ3n) is 4.48. The fraction of sp³-hybridized carbons (Fsp3) is 0.722. The summed E-state index contributed by atoms with van der Waals surface area (Å²) in [4.78, 5) is 7.30. The standard InChI is InChI=1S/C18H31N3/c1-6-17-7-16(10-19-9-13(2)3)8-18(20-17)21-11-14(4)15(5)12-21/h7-8,13-15,19H,6,9-12H2,1-5H3. The minimum absolute atomic E-state index is 0.692. The number of anilines is 1. The van der Waals surface area contributed by atoms with Gasteiger partial charge >= 0.3 is 0 Å². The van der Waals surface area contributed by atoms with E-state index in [9.17, 15) is 0 Å². The average molecular weight is 289 g/mol. The van der Waals surface area contributed by atoms with E-state index in [-0.39, 0.29) is 0 Å². The molecule has 2 atom stereocenters. The number of aryl methyl sites for hydroxylation is 1. The van der Waals surface area contributed by atoms with Gasteiger partial charge in [-0.1, -0.05) is 34.6 Å². The van der Waals surface area contributed by atoms with Crippen LogP contribution in [-0.4, -0.2) is 24.6 Å². The van der Waals surface area contributed by atoms with Gasteiger partial charge in [0, 0.05) is 25.3 Å². The van der Waals surface area contributed by atoms with E-state index >= 15 is 0 Å². The normalized spacial score (nSPS) is 22.3. The molecule has 1 saturated heterocycles. The zero-order chi connectivity index (χ0) is 15.4. The Labute approximate surface area is 130 Å². The van der Waals surface area contributed by atoms with E-state index < -0.39 is 0 Å². The van der Waals surface area contributed by atoms with Gasteiger partial charge in [0.05, 0.1) is 0 Å². The quantitative estimate of drug-likeness (QED) is 0.869. The maximum Gasteiger partial charge on any atom is 0.129 e. The van der Waals surface area contributed by atoms with Crippen LogP contribution >= 0.6 is 0 Å². The largest absolute Gasteiger partial charge is 0.356 e. The molecule has 2 heterocycles. The first-order chi connectivity index (χ1) is 9.99. The SMILES string of the molecule is CCc1cc(CNCC(C)C)cc(N2CC(C)C(C)C2)n1. The number of hydrogen-bond acceptors (Lipinski definition) is 3. The van der Waals surface area contributed by atoms with Crippen LogP contribution < -0.4 is 10.2 Å². The molecule has 0 aromatic carbocycles. The zero-order valence-electron chi connectivity index (χ0n) is 14.3. The summed E-state index contributed by atoms with van der Waals surface area (Å²) in [6, 6.07) is 4.52. The molecule has 118 valence electrons. The van der Waals surface area contributed by atoms with Crippen LogP contribution in [0, 0.1) is 17.8 Å². The van der Waals surface area contributed by atoms with Crippen LogP contribution in [0.4, 0.5) is 5.82 Å². The van der Waals surface area contributed by atoms with Crippen LogP contribution in [0.15, 0.2) is 12.1 Å². The van der Waals surface area contributed by atoms with Crippen LogP contribution in [0.5, 0.6) is 0 Å². The number of aromatic nitrogens is 1. The lowest BCUT2D eigenvalue weighted by Crippen LogP contribution is -2.23. The Hall–Kier alpha value is -1.09. The van der Waals surface area contributed by atoms with Crippen LogP contribution in [0.2, 0.25) is 0 Å². The summed E-state index contributed by atoms with van der Waals surface area (Å²) < 4.78 is 0. The van der Waals surface area contributed by atoms with E-state index in [1.807, 2.05) is 0 Å². The fourth-order valence-electron chi connectivity index (χ4n) is 2.90. The van der Waals surface area contributed by atoms with E-state index in [4.69, 9.17) is 4.98 Å². The number of pyridine rings is 1. The molecular weight excluding hydrogens is 258 g/mol. The Morgan fingerprint density at radius 1 is 1.24 bits per heavy atom. The Kier molecular flexibility index (Phi) is 5.63. The second kappa shape index (κ2) is 7.26. The average Bonchev–Trinajstić information content (AvgIpc) is 2.78. The highest BCUT2D eigenvalue weighted by Crippen LogP contribution is 2.27. The number of hydrogen-bond donors (Lipinski definition) is 1. The van der Waals surface area contributed by atoms with E-state index in [0.29, 0.717) is 5.92 Å². The summed E-state index contributed by atoms with van der Waals surface area (Å²) in [5.41, 5.74) is 2.57. The lowest BCUT2D eigenvalue weighted by atomic mass is 10.0. The van der Waals surface area contributed by atoms with Crippen molar-refractivity contribution >= 4 is 5.82 Å². The summed E-state index contributed by atoms with van der Waals surface area (Å²) in [5, 5.41) is 3.54. The topological polar surface area (TPSA) is 28.2 Å². The molecule has 2 unspecified atom stereocenters. The van der Waals surface area contributed by atoms with Gasteiger partial charge in [0.25, 0.3) is 0 Å². The molecule has 0 radical (unpaired) electrons. The molecule has 21 heavy (non-hydrogen) atoms. The van der Waals surface area contributed by atoms with Crippen LogP contribution in [0.3, 0.4) is 0 Å². The van der Waals surface area contributed by atoms with E-state index in [2.05, 4.69) is 57.0 Å². The first kappa shape index (κ1) is 16.3. The molecule has 1 N–H and O–H groups in total. The summed E-state index contributed by atoms with van der Waals surface area (Å²) in [6.45, 7) is 15.7. The maximum absolute atomic E-state index is 4.84. The molecule has 1 aliphatic heterocycles. The second-order valence-corrected chi connectivity index (χ2v) is 7.06. The molecule has 3 nitrogen and oxygen atoms in total. The van der Waals surface area contributed by atoms with Gasteiger partial charge in [0.2, 0.25) is 0 Å². The molecule has 0 aliphatic carbocycles. The Bertz CT molecular complexity index is 446. The Morgan fingerprint density at radius 2 is 1.90 bits per heavy atom. The molecule has 0 bridgehead atoms. The minimum Gasteiger partial charge on any atom is -0.356 e. The zero-order valence-corrected chi connectivity index (χ0v) is 14.3. The van der Waals surface area contributed by atoms with E-state index in [1.54, 1.807) is 0 Å². The number of rotatable bonds is 6. The molecular formula is C18H31N3. The van der Waals surface area contributed by atoms with Crippen molar-refractivity contribution in [3.8, 4) is 0 Å². The smallest absolute Gasteiger partial charge is 0.129 e. The van der Waals surface area contributed by atoms with Gasteiger partial charge < -0.3 is 10.2 Å². The van der Waals surface area contributed by atoms with Gasteiger partial charge in [-0.15, -0.1) is 0 Å². The molecule has 0 amide bonds. The summed E-state index contributed by atoms with van der Waals surface area (Å²) >= 11 is 0. The van der Waals surface area contributed by atoms with Crippen molar-refractivity contribution in [2.75, 3.05) is 24.5 Å². The highest BCUT2D eigenvalue weighted by atomic mass is 15.2. The molecule has 3 heteroatoms. The monoisotopic (exact) mass is 289 g/mol. The third-order valence-corrected chi connectivity index (χ3v) is 4.48. The number of nitrogens with zero attached hydrogens (tertiary/aromatic N) is 2. The Morgan fingerprint density at radius 3 is 2.48 bits per heavy atom. The molecule has 0 saturated carbocycles. The highest BCUT2D eigenvalue weighted by Gasteiger charge is 2.27. The lowest BCUT2D eigenvalue weighted by Gasteiger charge is -2.19. The fourth-order valence-corrected chi connectivity index (χ4v) is 2.90. The minimum atomic E-state index is 0.692. The first-order valence-corrected chi connectivity index (χ1v) is 8.45. The van der Waals surface area contributed by atoms with Gasteiger partial charge in [-0.25, -0.2) is 4.98 Å². The van der Waals surface area contributed by atoms with E-state index in [0.717, 1.165) is 44.4 Å². The predicted octanol–water partition coefficient (Wildman–Crippen LogP) is 3.48. The van der Waals surface area contributed by atoms with Crippen molar-refractivity contribution in [1.29, 1.82) is 0 Å². The Balaban J connectivity index is 2.10. The lowest BCUT2D eigenvalue weighted by molar-refractivity contribution is 0.494. The predicted molar refractivity (Wildman–Crippen MR) is 90.7 cm³/mol. The van der Waals surface area contributed by atoms with Gasteiger partial charge in [-0.05, 0) is 48.4 Å². The van der Waals surface area contributed by atoms with Gasteiger partial charge in [-0.3, -0.25) is 0 Å². The summed E-state index contributed by atoms with van der Waals surface area (Å²) in [6.07, 6.45) is 1.00.